The molecular weight excluding hydrogens is 402 g/mol. The van der Waals surface area contributed by atoms with Crippen molar-refractivity contribution in [2.45, 2.75) is 45.6 Å². The number of nitrogens with one attached hydrogen (secondary N) is 2. The number of urea groups is 1. The molecule has 1 aliphatic heterocycles. The maximum absolute atomic E-state index is 12.5. The van der Waals surface area contributed by atoms with Gasteiger partial charge >= 0.3 is 6.03 Å². The highest BCUT2D eigenvalue weighted by Crippen LogP contribution is 2.59. The van der Waals surface area contributed by atoms with Crippen LogP contribution in [0.5, 0.6) is 0 Å². The third-order valence-corrected chi connectivity index (χ3v) is 8.86. The molecule has 0 radical (unpaired) electrons. The van der Waals surface area contributed by atoms with Crippen LogP contribution < -0.4 is 10.6 Å². The summed E-state index contributed by atoms with van der Waals surface area (Å²) in [6, 6.07) is 14.5. The van der Waals surface area contributed by atoms with E-state index in [9.17, 15) is 4.79 Å². The summed E-state index contributed by atoms with van der Waals surface area (Å²) >= 11 is 1.61. The first-order valence-corrected chi connectivity index (χ1v) is 12.4. The third-order valence-electron chi connectivity index (χ3n) is 7.81. The van der Waals surface area contributed by atoms with Crippen molar-refractivity contribution in [2.24, 2.45) is 17.3 Å². The number of thiophene rings is 1. The molecule has 1 saturated carbocycles. The summed E-state index contributed by atoms with van der Waals surface area (Å²) in [5, 5.41) is 7.10. The molecule has 4 nitrogen and oxygen atoms in total. The first-order chi connectivity index (χ1) is 15.0. The fourth-order valence-electron chi connectivity index (χ4n) is 5.65. The first-order valence-electron chi connectivity index (χ1n) is 11.6. The van der Waals surface area contributed by atoms with Gasteiger partial charge in [0.2, 0.25) is 0 Å². The number of nitrogens with zero attached hydrogens (tertiary/aromatic N) is 1. The zero-order chi connectivity index (χ0) is 21.4. The van der Waals surface area contributed by atoms with Gasteiger partial charge in [0.1, 0.15) is 0 Å². The second kappa shape index (κ2) is 8.44. The van der Waals surface area contributed by atoms with Crippen molar-refractivity contribution in [3.63, 3.8) is 0 Å². The molecule has 1 aromatic heterocycles. The molecule has 2 bridgehead atoms. The number of likely N-dealkylation sites (tertiary alicyclic amines) is 1. The van der Waals surface area contributed by atoms with E-state index in [1.54, 1.807) is 16.9 Å². The molecule has 2 aromatic rings. The van der Waals surface area contributed by atoms with Crippen LogP contribution in [0, 0.1) is 17.3 Å². The van der Waals surface area contributed by atoms with Gasteiger partial charge in [-0.2, -0.15) is 0 Å². The van der Waals surface area contributed by atoms with E-state index in [4.69, 9.17) is 0 Å². The average Bonchev–Trinajstić information content (AvgIpc) is 3.24. The molecule has 164 valence electrons. The average molecular weight is 436 g/mol. The highest BCUT2D eigenvalue weighted by molar-refractivity contribution is 7.19. The lowest BCUT2D eigenvalue weighted by atomic mass is 9.49. The molecule has 5 heteroatoms. The Morgan fingerprint density at radius 1 is 1.13 bits per heavy atom. The van der Waals surface area contributed by atoms with Crippen LogP contribution in [-0.2, 0) is 0 Å². The molecule has 1 aromatic carbocycles. The van der Waals surface area contributed by atoms with E-state index in [1.807, 2.05) is 24.3 Å². The Kier molecular flexibility index (Phi) is 5.65. The molecular formula is C26H33N3OS. The first kappa shape index (κ1) is 20.8. The normalized spacial score (nSPS) is 25.4. The highest BCUT2D eigenvalue weighted by Gasteiger charge is 2.51. The number of hydrogen-bond acceptors (Lipinski definition) is 3. The van der Waals surface area contributed by atoms with Crippen LogP contribution in [-0.4, -0.2) is 36.6 Å². The number of anilines is 1. The summed E-state index contributed by atoms with van der Waals surface area (Å²) in [4.78, 5) is 16.3. The maximum Gasteiger partial charge on any atom is 0.320 e. The van der Waals surface area contributed by atoms with Crippen molar-refractivity contribution in [3.8, 4) is 10.4 Å². The van der Waals surface area contributed by atoms with Gasteiger partial charge in [-0.1, -0.05) is 55.8 Å². The number of piperidine rings is 1. The quantitative estimate of drug-likeness (QED) is 0.566. The summed E-state index contributed by atoms with van der Waals surface area (Å²) in [6.07, 6.45) is 7.23. The Hall–Kier alpha value is -2.11. The van der Waals surface area contributed by atoms with Gasteiger partial charge in [0.05, 0.1) is 5.00 Å². The van der Waals surface area contributed by atoms with Gasteiger partial charge in [-0.3, -0.25) is 10.2 Å². The van der Waals surface area contributed by atoms with E-state index in [2.05, 4.69) is 53.7 Å². The van der Waals surface area contributed by atoms with Gasteiger partial charge in [0.25, 0.3) is 0 Å². The van der Waals surface area contributed by atoms with Crippen LogP contribution in [0.3, 0.4) is 0 Å². The summed E-state index contributed by atoms with van der Waals surface area (Å²) in [6.45, 7) is 8.15. The van der Waals surface area contributed by atoms with Crippen molar-refractivity contribution in [1.82, 2.24) is 10.2 Å². The second-order valence-corrected chi connectivity index (χ2v) is 11.1. The van der Waals surface area contributed by atoms with Gasteiger partial charge in [0, 0.05) is 30.6 Å². The highest BCUT2D eigenvalue weighted by atomic mass is 32.1. The van der Waals surface area contributed by atoms with E-state index in [-0.39, 0.29) is 12.1 Å². The fourth-order valence-corrected chi connectivity index (χ4v) is 6.55. The zero-order valence-electron chi connectivity index (χ0n) is 18.6. The van der Waals surface area contributed by atoms with E-state index >= 15 is 0 Å². The molecule has 2 atom stereocenters. The number of carbonyl (C=O) groups is 1. The smallest absolute Gasteiger partial charge is 0.320 e. The number of carbonyl (C=O) groups excluding carboxylic acids is 1. The molecule has 1 saturated heterocycles. The van der Waals surface area contributed by atoms with Crippen LogP contribution in [0.1, 0.15) is 39.5 Å². The second-order valence-electron chi connectivity index (χ2n) is 10.0. The molecule has 31 heavy (non-hydrogen) atoms. The van der Waals surface area contributed by atoms with E-state index in [0.29, 0.717) is 5.41 Å². The van der Waals surface area contributed by atoms with Crippen molar-refractivity contribution in [1.29, 1.82) is 0 Å². The predicted octanol–water partition coefficient (Wildman–Crippen LogP) is 5.99. The Morgan fingerprint density at radius 3 is 2.61 bits per heavy atom. The van der Waals surface area contributed by atoms with Crippen LogP contribution in [0.2, 0.25) is 0 Å². The Labute approximate surface area is 189 Å². The van der Waals surface area contributed by atoms with Crippen molar-refractivity contribution in [2.75, 3.05) is 25.0 Å². The molecule has 4 aliphatic rings. The Balaban J connectivity index is 1.08. The van der Waals surface area contributed by atoms with Gasteiger partial charge in [-0.05, 0) is 60.6 Å². The molecule has 1 unspecified atom stereocenters. The molecule has 2 amide bonds. The molecule has 2 N–H and O–H groups in total. The summed E-state index contributed by atoms with van der Waals surface area (Å²) < 4.78 is 0. The fraction of sp³-hybridized carbons (Fsp3) is 0.500. The summed E-state index contributed by atoms with van der Waals surface area (Å²) in [7, 11) is 0. The maximum atomic E-state index is 12.5. The number of amides is 2. The summed E-state index contributed by atoms with van der Waals surface area (Å²) in [5.74, 6) is 1.70. The molecule has 2 heterocycles. The Morgan fingerprint density at radius 2 is 1.90 bits per heavy atom. The Bertz CT molecular complexity index is 956. The number of hydrogen-bond donors (Lipinski definition) is 2. The summed E-state index contributed by atoms with van der Waals surface area (Å²) in [5.41, 5.74) is 3.36. The van der Waals surface area contributed by atoms with Gasteiger partial charge < -0.3 is 5.32 Å². The lowest BCUT2D eigenvalue weighted by molar-refractivity contribution is -0.0113. The van der Waals surface area contributed by atoms with E-state index in [1.165, 1.54) is 23.3 Å². The number of allylic oxidation sites excluding steroid dienone is 1. The van der Waals surface area contributed by atoms with Crippen molar-refractivity contribution >= 4 is 22.4 Å². The lowest BCUT2D eigenvalue weighted by Gasteiger charge is -2.57. The predicted molar refractivity (Wildman–Crippen MR) is 129 cm³/mol. The SMILES string of the molecule is CC1(C)C2C[C@@H]1CC=C2CN1CCC(NC(=O)Nc2ccc(-c3ccccc3)s2)CC1. The minimum atomic E-state index is -0.0860. The van der Waals surface area contributed by atoms with Gasteiger partial charge in [-0.25, -0.2) is 4.79 Å². The van der Waals surface area contributed by atoms with Crippen molar-refractivity contribution in [3.05, 3.63) is 54.1 Å². The third kappa shape index (κ3) is 4.31. The van der Waals surface area contributed by atoms with Gasteiger partial charge in [-0.15, -0.1) is 11.3 Å². The van der Waals surface area contributed by atoms with E-state index < -0.39 is 0 Å². The number of benzene rings is 1. The monoisotopic (exact) mass is 435 g/mol. The van der Waals surface area contributed by atoms with Crippen LogP contribution in [0.25, 0.3) is 10.4 Å². The van der Waals surface area contributed by atoms with Crippen LogP contribution in [0.15, 0.2) is 54.1 Å². The number of rotatable bonds is 5. The minimum Gasteiger partial charge on any atom is -0.335 e. The lowest BCUT2D eigenvalue weighted by Crippen LogP contribution is -2.51. The van der Waals surface area contributed by atoms with Crippen LogP contribution >= 0.6 is 11.3 Å². The molecule has 6 rings (SSSR count). The minimum absolute atomic E-state index is 0.0860. The molecule has 0 spiro atoms. The zero-order valence-corrected chi connectivity index (χ0v) is 19.4. The van der Waals surface area contributed by atoms with Crippen molar-refractivity contribution < 1.29 is 4.79 Å². The topological polar surface area (TPSA) is 44.4 Å². The standard InChI is InChI=1S/C26H33N3OS/c1-26(2)20-9-8-19(22(26)16-20)17-29-14-12-21(13-15-29)27-25(30)28-24-11-10-23(31-24)18-6-4-3-5-7-18/h3-8,10-11,20-22H,9,12-17H2,1-2H3,(H2,27,28,30)/t20-,22?/m0/s1. The molecule has 2 fully saturated rings. The number of fused-ring (bicyclic) bond motifs is 1. The van der Waals surface area contributed by atoms with Crippen LogP contribution in [0.4, 0.5) is 9.80 Å². The largest absolute Gasteiger partial charge is 0.335 e. The molecule has 3 aliphatic carbocycles. The van der Waals surface area contributed by atoms with E-state index in [0.717, 1.165) is 49.3 Å². The van der Waals surface area contributed by atoms with Gasteiger partial charge in [0.15, 0.2) is 0 Å².